The van der Waals surface area contributed by atoms with Crippen molar-refractivity contribution in [1.82, 2.24) is 10.4 Å². The van der Waals surface area contributed by atoms with Crippen molar-refractivity contribution in [3.63, 3.8) is 0 Å². The van der Waals surface area contributed by atoms with Crippen molar-refractivity contribution in [3.05, 3.63) is 0 Å². The number of carbonyl (C=O) groups is 6. The van der Waals surface area contributed by atoms with Crippen molar-refractivity contribution in [3.8, 4) is 0 Å². The number of amides is 3. The lowest BCUT2D eigenvalue weighted by molar-refractivity contribution is -0.197. The van der Waals surface area contributed by atoms with Crippen LogP contribution in [-0.2, 0) is 47.8 Å². The molecule has 0 aromatic heterocycles. The highest BCUT2D eigenvalue weighted by atomic mass is 16.7. The van der Waals surface area contributed by atoms with Gasteiger partial charge in [-0.15, -0.1) is 5.06 Å². The van der Waals surface area contributed by atoms with Gasteiger partial charge in [0.2, 0.25) is 0 Å². The molecule has 0 aliphatic carbocycles. The molecule has 1 saturated heterocycles. The monoisotopic (exact) mass is 532 g/mol. The molecule has 0 radical (unpaired) electrons. The van der Waals surface area contributed by atoms with E-state index in [4.69, 9.17) is 28.9 Å². The van der Waals surface area contributed by atoms with Crippen LogP contribution in [0.2, 0.25) is 0 Å². The maximum Gasteiger partial charge on any atom is 0.407 e. The van der Waals surface area contributed by atoms with Crippen LogP contribution in [0.5, 0.6) is 0 Å². The summed E-state index contributed by atoms with van der Waals surface area (Å²) in [6.45, 7) is 1.45. The smallest absolute Gasteiger partial charge is 0.407 e. The fourth-order valence-corrected chi connectivity index (χ4v) is 2.92. The van der Waals surface area contributed by atoms with E-state index in [0.29, 0.717) is 37.7 Å². The Morgan fingerprint density at radius 3 is 2.30 bits per heavy atom. The number of alkyl carbamates (subject to hydrolysis) is 1. The second-order valence-electron chi connectivity index (χ2n) is 8.03. The van der Waals surface area contributed by atoms with Gasteiger partial charge in [-0.3, -0.25) is 14.4 Å². The Morgan fingerprint density at radius 2 is 1.59 bits per heavy atom. The minimum Gasteiger partial charge on any atom is -0.463 e. The first-order valence-electron chi connectivity index (χ1n) is 12.2. The van der Waals surface area contributed by atoms with E-state index < -0.39 is 29.8 Å². The van der Waals surface area contributed by atoms with Crippen molar-refractivity contribution >= 4 is 36.1 Å². The third-order valence-electron chi connectivity index (χ3n) is 4.87. The zero-order valence-corrected chi connectivity index (χ0v) is 20.9. The number of hydrogen-bond donors (Lipinski definition) is 2. The van der Waals surface area contributed by atoms with E-state index in [9.17, 15) is 28.8 Å². The lowest BCUT2D eigenvalue weighted by atomic mass is 10.1. The summed E-state index contributed by atoms with van der Waals surface area (Å²) < 4.78 is 20.7. The summed E-state index contributed by atoms with van der Waals surface area (Å²) in [6.07, 6.45) is 1.28. The number of aldehydes is 1. The Labute approximate surface area is 214 Å². The molecule has 1 rings (SSSR count). The molecule has 0 bridgehead atoms. The Bertz CT molecular complexity index is 729. The van der Waals surface area contributed by atoms with Gasteiger partial charge < -0.3 is 39.0 Å². The predicted octanol–water partition coefficient (Wildman–Crippen LogP) is 0.0442. The molecule has 3 amide bonds. The predicted molar refractivity (Wildman–Crippen MR) is 123 cm³/mol. The minimum absolute atomic E-state index is 0.0112. The van der Waals surface area contributed by atoms with E-state index in [-0.39, 0.29) is 77.5 Å². The maximum absolute atomic E-state index is 11.7. The third kappa shape index (κ3) is 15.6. The Morgan fingerprint density at radius 1 is 0.892 bits per heavy atom. The molecule has 0 aromatic carbocycles. The number of nitrogens with one attached hydrogen (secondary N) is 1. The fourth-order valence-electron chi connectivity index (χ4n) is 2.92. The van der Waals surface area contributed by atoms with E-state index >= 15 is 0 Å². The maximum atomic E-state index is 11.7. The molecule has 1 heterocycles. The zero-order chi connectivity index (χ0) is 27.3. The van der Waals surface area contributed by atoms with Crippen LogP contribution in [0.4, 0.5) is 4.79 Å². The van der Waals surface area contributed by atoms with Crippen molar-refractivity contribution < 1.29 is 57.7 Å². The topological polar surface area (TPSA) is 184 Å². The molecule has 1 fully saturated rings. The second kappa shape index (κ2) is 20.0. The number of aliphatic hydroxyl groups excluding tert-OH is 1. The van der Waals surface area contributed by atoms with Crippen LogP contribution in [0.1, 0.15) is 51.4 Å². The van der Waals surface area contributed by atoms with Crippen LogP contribution in [0.3, 0.4) is 0 Å². The molecule has 210 valence electrons. The quantitative estimate of drug-likeness (QED) is 0.0877. The Kier molecular flexibility index (Phi) is 17.3. The van der Waals surface area contributed by atoms with E-state index in [1.807, 2.05) is 0 Å². The number of nitrogens with zero attached hydrogens (tertiary/aromatic N) is 1. The third-order valence-corrected chi connectivity index (χ3v) is 4.87. The largest absolute Gasteiger partial charge is 0.463 e. The van der Waals surface area contributed by atoms with Gasteiger partial charge >= 0.3 is 18.0 Å². The molecule has 2 N–H and O–H groups in total. The van der Waals surface area contributed by atoms with E-state index in [1.165, 1.54) is 0 Å². The van der Waals surface area contributed by atoms with Crippen LogP contribution in [0, 0.1) is 5.92 Å². The first-order chi connectivity index (χ1) is 17.9. The molecule has 1 atom stereocenters. The second-order valence-corrected chi connectivity index (χ2v) is 8.03. The number of hydrogen-bond acceptors (Lipinski definition) is 12. The van der Waals surface area contributed by atoms with Crippen LogP contribution in [-0.4, -0.2) is 99.1 Å². The number of imide groups is 1. The standard InChI is InChI=1S/C23H36N2O12/c26-10-3-13-34-16-18(8-11-27)17-36-23(32)24-9-2-12-33-14-15-35-21(30)4-1-5-22(31)37-25-19(28)6-7-20(25)29/h11,18,26H,1-10,12-17H2,(H,24,32). The lowest BCUT2D eigenvalue weighted by Crippen LogP contribution is -2.32. The van der Waals surface area contributed by atoms with Gasteiger partial charge in [-0.05, 0) is 19.3 Å². The van der Waals surface area contributed by atoms with Gasteiger partial charge in [-0.25, -0.2) is 9.59 Å². The highest BCUT2D eigenvalue weighted by Crippen LogP contribution is 2.13. The summed E-state index contributed by atoms with van der Waals surface area (Å²) in [4.78, 5) is 73.2. The van der Waals surface area contributed by atoms with Crippen molar-refractivity contribution in [2.75, 3.05) is 52.8 Å². The molecule has 37 heavy (non-hydrogen) atoms. The number of hydroxylamine groups is 2. The van der Waals surface area contributed by atoms with E-state index in [1.54, 1.807) is 0 Å². The molecule has 1 aliphatic heterocycles. The van der Waals surface area contributed by atoms with Gasteiger partial charge in [0.1, 0.15) is 12.9 Å². The average molecular weight is 533 g/mol. The molecular weight excluding hydrogens is 496 g/mol. The summed E-state index contributed by atoms with van der Waals surface area (Å²) in [7, 11) is 0. The summed E-state index contributed by atoms with van der Waals surface area (Å²) in [5.41, 5.74) is 0. The van der Waals surface area contributed by atoms with E-state index in [0.717, 1.165) is 6.29 Å². The summed E-state index contributed by atoms with van der Waals surface area (Å²) in [5.74, 6) is -2.69. The lowest BCUT2D eigenvalue weighted by Gasteiger charge is -2.15. The number of rotatable bonds is 21. The molecule has 1 unspecified atom stereocenters. The molecular formula is C23H36N2O12. The molecule has 14 heteroatoms. The molecule has 1 aliphatic rings. The minimum atomic E-state index is -0.777. The van der Waals surface area contributed by atoms with E-state index in [2.05, 4.69) is 5.32 Å². The Hall–Kier alpha value is -3.10. The molecule has 14 nitrogen and oxygen atoms in total. The van der Waals surface area contributed by atoms with Crippen molar-refractivity contribution in [2.45, 2.75) is 51.4 Å². The van der Waals surface area contributed by atoms with Gasteiger partial charge in [0.15, 0.2) is 0 Å². The molecule has 0 aromatic rings. The highest BCUT2D eigenvalue weighted by molar-refractivity contribution is 6.01. The van der Waals surface area contributed by atoms with Crippen LogP contribution in [0.15, 0.2) is 0 Å². The highest BCUT2D eigenvalue weighted by Gasteiger charge is 2.32. The summed E-state index contributed by atoms with van der Waals surface area (Å²) >= 11 is 0. The van der Waals surface area contributed by atoms with Gasteiger partial charge in [-0.1, -0.05) is 0 Å². The van der Waals surface area contributed by atoms with Crippen LogP contribution >= 0.6 is 0 Å². The zero-order valence-electron chi connectivity index (χ0n) is 20.9. The SMILES string of the molecule is O=CCC(COCCCO)COC(=O)NCCCOCCOC(=O)CCCC(=O)ON1C(=O)CCC1=O. The molecule has 0 saturated carbocycles. The van der Waals surface area contributed by atoms with Crippen LogP contribution in [0.25, 0.3) is 0 Å². The van der Waals surface area contributed by atoms with Crippen molar-refractivity contribution in [2.24, 2.45) is 5.92 Å². The fraction of sp³-hybridized carbons (Fsp3) is 0.739. The van der Waals surface area contributed by atoms with Crippen LogP contribution < -0.4 is 5.32 Å². The normalized spacial score (nSPS) is 13.8. The van der Waals surface area contributed by atoms with Gasteiger partial charge in [0.25, 0.3) is 11.8 Å². The van der Waals surface area contributed by atoms with Gasteiger partial charge in [0.05, 0.1) is 19.8 Å². The van der Waals surface area contributed by atoms with Crippen molar-refractivity contribution in [1.29, 1.82) is 0 Å². The number of ether oxygens (including phenoxy) is 4. The number of aliphatic hydroxyl groups is 1. The first kappa shape index (κ1) is 31.9. The summed E-state index contributed by atoms with van der Waals surface area (Å²) in [6, 6.07) is 0. The van der Waals surface area contributed by atoms with Gasteiger partial charge in [-0.2, -0.15) is 0 Å². The Balaban J connectivity index is 1.97. The number of carbonyl (C=O) groups excluding carboxylic acids is 6. The summed E-state index contributed by atoms with van der Waals surface area (Å²) in [5, 5.41) is 11.7. The van der Waals surface area contributed by atoms with Gasteiger partial charge in [0, 0.05) is 64.4 Å². The first-order valence-corrected chi connectivity index (χ1v) is 12.2. The molecule has 0 spiro atoms. The number of esters is 1. The average Bonchev–Trinajstić information content (AvgIpc) is 3.18.